The van der Waals surface area contributed by atoms with Crippen LogP contribution in [-0.2, 0) is 13.0 Å². The molecule has 8 heteroatoms. The SMILES string of the molecule is COc1cc2c(cc1Nc1ncc(C(N)=O)c(Nc3ccccc3C3CC3)n1)CN(C)CC2. The van der Waals surface area contributed by atoms with Gasteiger partial charge in [-0.2, -0.15) is 4.98 Å². The van der Waals surface area contributed by atoms with Gasteiger partial charge >= 0.3 is 0 Å². The number of carbonyl (C=O) groups excluding carboxylic acids is 1. The molecule has 1 aliphatic carbocycles. The first-order valence-electron chi connectivity index (χ1n) is 11.2. The summed E-state index contributed by atoms with van der Waals surface area (Å²) in [5, 5.41) is 6.60. The first-order valence-corrected chi connectivity index (χ1v) is 11.2. The van der Waals surface area contributed by atoms with Gasteiger partial charge in [0, 0.05) is 25.0 Å². The maximum Gasteiger partial charge on any atom is 0.254 e. The number of carbonyl (C=O) groups is 1. The lowest BCUT2D eigenvalue weighted by molar-refractivity contribution is 0.100. The van der Waals surface area contributed by atoms with E-state index in [2.05, 4.69) is 50.7 Å². The summed E-state index contributed by atoms with van der Waals surface area (Å²) in [6, 6.07) is 12.3. The van der Waals surface area contributed by atoms with E-state index in [9.17, 15) is 4.79 Å². The van der Waals surface area contributed by atoms with Gasteiger partial charge in [-0.15, -0.1) is 0 Å². The minimum atomic E-state index is -0.581. The molecule has 1 fully saturated rings. The van der Waals surface area contributed by atoms with Gasteiger partial charge in [0.2, 0.25) is 5.95 Å². The molecule has 0 saturated heterocycles. The molecule has 2 aromatic carbocycles. The first-order chi connectivity index (χ1) is 16.0. The van der Waals surface area contributed by atoms with Crippen LogP contribution >= 0.6 is 0 Å². The van der Waals surface area contributed by atoms with Gasteiger partial charge in [0.05, 0.1) is 12.8 Å². The number of methoxy groups -OCH3 is 1. The van der Waals surface area contributed by atoms with Crippen LogP contribution in [0.4, 0.5) is 23.1 Å². The van der Waals surface area contributed by atoms with Crippen LogP contribution in [-0.4, -0.2) is 41.5 Å². The summed E-state index contributed by atoms with van der Waals surface area (Å²) in [6.45, 7) is 1.90. The monoisotopic (exact) mass is 444 g/mol. The molecule has 2 heterocycles. The highest BCUT2D eigenvalue weighted by Crippen LogP contribution is 2.44. The maximum atomic E-state index is 12.1. The summed E-state index contributed by atoms with van der Waals surface area (Å²) in [5.74, 6) is 1.43. The van der Waals surface area contributed by atoms with Crippen LogP contribution in [0.25, 0.3) is 0 Å². The molecule has 8 nitrogen and oxygen atoms in total. The standard InChI is InChI=1S/C25H28N6O2/c1-31-10-9-16-12-22(33-2)21(11-17(16)14-31)29-25-27-13-19(23(26)32)24(30-25)28-20-6-4-3-5-18(20)15-7-8-15/h3-6,11-13,15H,7-10,14H2,1-2H3,(H2,26,32)(H2,27,28,29,30). The van der Waals surface area contributed by atoms with E-state index in [1.165, 1.54) is 35.7 Å². The Hall–Kier alpha value is -3.65. The van der Waals surface area contributed by atoms with Crippen molar-refractivity contribution in [2.24, 2.45) is 5.73 Å². The second-order valence-corrected chi connectivity index (χ2v) is 8.74. The van der Waals surface area contributed by atoms with E-state index < -0.39 is 5.91 Å². The number of anilines is 4. The van der Waals surface area contributed by atoms with Crippen LogP contribution in [0.3, 0.4) is 0 Å². The molecule has 0 atom stereocenters. The number of benzene rings is 2. The van der Waals surface area contributed by atoms with E-state index in [-0.39, 0.29) is 5.56 Å². The second-order valence-electron chi connectivity index (χ2n) is 8.74. The van der Waals surface area contributed by atoms with Crippen molar-refractivity contribution in [1.82, 2.24) is 14.9 Å². The average Bonchev–Trinajstić information content (AvgIpc) is 3.64. The van der Waals surface area contributed by atoms with Gasteiger partial charge < -0.3 is 26.0 Å². The number of rotatable bonds is 7. The van der Waals surface area contributed by atoms with Crippen molar-refractivity contribution in [1.29, 1.82) is 0 Å². The number of amides is 1. The summed E-state index contributed by atoms with van der Waals surface area (Å²) in [6.07, 6.45) is 4.79. The number of ether oxygens (including phenoxy) is 1. The fourth-order valence-corrected chi connectivity index (χ4v) is 4.32. The Morgan fingerprint density at radius 2 is 1.97 bits per heavy atom. The Bertz CT molecular complexity index is 1210. The molecule has 0 unspecified atom stereocenters. The third kappa shape index (κ3) is 4.47. The zero-order valence-corrected chi connectivity index (χ0v) is 18.9. The number of primary amides is 1. The smallest absolute Gasteiger partial charge is 0.254 e. The lowest BCUT2D eigenvalue weighted by atomic mass is 9.99. The van der Waals surface area contributed by atoms with Gasteiger partial charge in [0.25, 0.3) is 5.91 Å². The molecular weight excluding hydrogens is 416 g/mol. The zero-order chi connectivity index (χ0) is 22.9. The molecule has 1 aliphatic heterocycles. The van der Waals surface area contributed by atoms with Gasteiger partial charge in [-0.1, -0.05) is 18.2 Å². The highest BCUT2D eigenvalue weighted by molar-refractivity contribution is 5.98. The van der Waals surface area contributed by atoms with Crippen LogP contribution in [0.2, 0.25) is 0 Å². The zero-order valence-electron chi connectivity index (χ0n) is 18.9. The number of hydrogen-bond donors (Lipinski definition) is 3. The molecule has 170 valence electrons. The van der Waals surface area contributed by atoms with Crippen LogP contribution in [0, 0.1) is 0 Å². The maximum absolute atomic E-state index is 12.1. The quantitative estimate of drug-likeness (QED) is 0.507. The van der Waals surface area contributed by atoms with Crippen LogP contribution < -0.4 is 21.1 Å². The molecule has 0 bridgehead atoms. The average molecular weight is 445 g/mol. The Morgan fingerprint density at radius 3 is 2.73 bits per heavy atom. The number of nitrogens with two attached hydrogens (primary N) is 1. The van der Waals surface area contributed by atoms with Crippen molar-refractivity contribution in [3.05, 3.63) is 64.8 Å². The normalized spacial score (nSPS) is 15.6. The summed E-state index contributed by atoms with van der Waals surface area (Å²) in [7, 11) is 3.77. The molecular formula is C25H28N6O2. The van der Waals surface area contributed by atoms with Crippen molar-refractivity contribution in [3.63, 3.8) is 0 Å². The number of fused-ring (bicyclic) bond motifs is 1. The largest absolute Gasteiger partial charge is 0.495 e. The second kappa shape index (κ2) is 8.71. The van der Waals surface area contributed by atoms with E-state index in [1.807, 2.05) is 18.2 Å². The molecule has 0 spiro atoms. The third-order valence-corrected chi connectivity index (χ3v) is 6.26. The van der Waals surface area contributed by atoms with E-state index in [0.29, 0.717) is 17.7 Å². The lowest BCUT2D eigenvalue weighted by Gasteiger charge is -2.26. The van der Waals surface area contributed by atoms with E-state index in [1.54, 1.807) is 7.11 Å². The molecule has 1 aromatic heterocycles. The molecule has 1 saturated carbocycles. The number of likely N-dealkylation sites (N-methyl/N-ethyl adjacent to an activating group) is 1. The van der Waals surface area contributed by atoms with Crippen molar-refractivity contribution in [2.45, 2.75) is 31.7 Å². The number of aromatic nitrogens is 2. The fourth-order valence-electron chi connectivity index (χ4n) is 4.32. The van der Waals surface area contributed by atoms with Gasteiger partial charge in [0.1, 0.15) is 17.1 Å². The summed E-state index contributed by atoms with van der Waals surface area (Å²) < 4.78 is 5.63. The number of nitrogens with one attached hydrogen (secondary N) is 2. The van der Waals surface area contributed by atoms with Gasteiger partial charge in [-0.05, 0) is 67.1 Å². The molecule has 3 aromatic rings. The van der Waals surface area contributed by atoms with Gasteiger partial charge in [-0.3, -0.25) is 4.79 Å². The van der Waals surface area contributed by atoms with Gasteiger partial charge in [0.15, 0.2) is 0 Å². The van der Waals surface area contributed by atoms with Crippen molar-refractivity contribution in [2.75, 3.05) is 31.3 Å². The summed E-state index contributed by atoms with van der Waals surface area (Å²) in [5.41, 5.74) is 11.3. The number of hydrogen-bond acceptors (Lipinski definition) is 7. The summed E-state index contributed by atoms with van der Waals surface area (Å²) >= 11 is 0. The molecule has 0 radical (unpaired) electrons. The predicted molar refractivity (Wildman–Crippen MR) is 129 cm³/mol. The van der Waals surface area contributed by atoms with Crippen LogP contribution in [0.5, 0.6) is 5.75 Å². The minimum absolute atomic E-state index is 0.241. The lowest BCUT2D eigenvalue weighted by Crippen LogP contribution is -2.26. The van der Waals surface area contributed by atoms with E-state index >= 15 is 0 Å². The van der Waals surface area contributed by atoms with Crippen molar-refractivity contribution in [3.8, 4) is 5.75 Å². The molecule has 4 N–H and O–H groups in total. The fraction of sp³-hybridized carbons (Fsp3) is 0.320. The Balaban J connectivity index is 1.48. The Kier molecular flexibility index (Phi) is 5.60. The topological polar surface area (TPSA) is 105 Å². The Labute approximate surface area is 193 Å². The Morgan fingerprint density at radius 1 is 1.15 bits per heavy atom. The number of para-hydroxylation sites is 1. The van der Waals surface area contributed by atoms with Crippen molar-refractivity contribution >= 4 is 29.0 Å². The highest BCUT2D eigenvalue weighted by atomic mass is 16.5. The van der Waals surface area contributed by atoms with E-state index in [4.69, 9.17) is 10.5 Å². The highest BCUT2D eigenvalue weighted by Gasteiger charge is 2.26. The first kappa shape index (κ1) is 21.2. The van der Waals surface area contributed by atoms with Crippen molar-refractivity contribution < 1.29 is 9.53 Å². The number of nitrogens with zero attached hydrogens (tertiary/aromatic N) is 3. The molecule has 2 aliphatic rings. The third-order valence-electron chi connectivity index (χ3n) is 6.26. The molecule has 5 rings (SSSR count). The van der Waals surface area contributed by atoms with E-state index in [0.717, 1.165) is 36.6 Å². The minimum Gasteiger partial charge on any atom is -0.495 e. The van der Waals surface area contributed by atoms with Crippen LogP contribution in [0.15, 0.2) is 42.6 Å². The summed E-state index contributed by atoms with van der Waals surface area (Å²) in [4.78, 5) is 23.3. The van der Waals surface area contributed by atoms with Gasteiger partial charge in [-0.25, -0.2) is 4.98 Å². The molecule has 1 amide bonds. The molecule has 33 heavy (non-hydrogen) atoms. The van der Waals surface area contributed by atoms with Crippen LogP contribution in [0.1, 0.15) is 45.8 Å². The predicted octanol–water partition coefficient (Wildman–Crippen LogP) is 3.94.